The number of hydrogen-bond donors (Lipinski definition) is 1. The standard InChI is InChI=1S/C15H21N3O3S/c16-22(20,21)13-5-3-8-18(10-13)15(19)11-17-9-7-12-4-1-2-6-14(12)17/h1-2,4,6,13H,3,5,7-11H2,(H2,16,20,21)/t13-/m1/s1. The smallest absolute Gasteiger partial charge is 0.242 e. The number of fused-ring (bicyclic) bond motifs is 1. The minimum Gasteiger partial charge on any atom is -0.362 e. The van der Waals surface area contributed by atoms with Gasteiger partial charge in [0.25, 0.3) is 0 Å². The maximum absolute atomic E-state index is 12.5. The van der Waals surface area contributed by atoms with Crippen LogP contribution in [0.15, 0.2) is 24.3 Å². The second-order valence-electron chi connectivity index (χ2n) is 5.99. The van der Waals surface area contributed by atoms with E-state index in [0.29, 0.717) is 25.9 Å². The van der Waals surface area contributed by atoms with E-state index in [1.54, 1.807) is 4.90 Å². The Balaban J connectivity index is 1.66. The molecule has 7 heteroatoms. The molecule has 0 aliphatic carbocycles. The van der Waals surface area contributed by atoms with Crippen molar-refractivity contribution in [2.75, 3.05) is 31.1 Å². The van der Waals surface area contributed by atoms with Gasteiger partial charge in [0, 0.05) is 25.3 Å². The minimum absolute atomic E-state index is 0.0231. The summed E-state index contributed by atoms with van der Waals surface area (Å²) in [4.78, 5) is 16.2. The zero-order valence-corrected chi connectivity index (χ0v) is 13.3. The van der Waals surface area contributed by atoms with Crippen molar-refractivity contribution in [1.29, 1.82) is 0 Å². The van der Waals surface area contributed by atoms with Crippen LogP contribution in [-0.2, 0) is 21.2 Å². The zero-order valence-electron chi connectivity index (χ0n) is 12.4. The van der Waals surface area contributed by atoms with Crippen LogP contribution in [0.4, 0.5) is 5.69 Å². The predicted octanol–water partition coefficient (Wildman–Crippen LogP) is 0.329. The Bertz CT molecular complexity index is 674. The van der Waals surface area contributed by atoms with Crippen molar-refractivity contribution in [3.8, 4) is 0 Å². The van der Waals surface area contributed by atoms with Crippen molar-refractivity contribution in [2.24, 2.45) is 5.14 Å². The third kappa shape index (κ3) is 3.10. The van der Waals surface area contributed by atoms with Crippen LogP contribution in [0.1, 0.15) is 18.4 Å². The van der Waals surface area contributed by atoms with Crippen LogP contribution in [0.2, 0.25) is 0 Å². The molecule has 0 spiro atoms. The number of sulfonamides is 1. The maximum Gasteiger partial charge on any atom is 0.242 e. The van der Waals surface area contributed by atoms with Gasteiger partial charge in [-0.3, -0.25) is 4.79 Å². The van der Waals surface area contributed by atoms with Gasteiger partial charge in [0.1, 0.15) is 0 Å². The summed E-state index contributed by atoms with van der Waals surface area (Å²) in [5.41, 5.74) is 2.37. The largest absolute Gasteiger partial charge is 0.362 e. The molecule has 2 N–H and O–H groups in total. The molecule has 1 aromatic carbocycles. The third-order valence-corrected chi connectivity index (χ3v) is 5.82. The molecule has 0 unspecified atom stereocenters. The second kappa shape index (κ2) is 5.89. The molecule has 22 heavy (non-hydrogen) atoms. The first-order valence-corrected chi connectivity index (χ1v) is 9.18. The molecular weight excluding hydrogens is 302 g/mol. The lowest BCUT2D eigenvalue weighted by Crippen LogP contribution is -2.49. The van der Waals surface area contributed by atoms with Gasteiger partial charge in [0.2, 0.25) is 15.9 Å². The Kier molecular flexibility index (Phi) is 4.10. The third-order valence-electron chi connectivity index (χ3n) is 4.50. The number of benzene rings is 1. The Hall–Kier alpha value is -1.60. The highest BCUT2D eigenvalue weighted by Gasteiger charge is 2.31. The van der Waals surface area contributed by atoms with Crippen molar-refractivity contribution in [3.63, 3.8) is 0 Å². The summed E-state index contributed by atoms with van der Waals surface area (Å²) in [6.45, 7) is 1.96. The topological polar surface area (TPSA) is 83.7 Å². The predicted molar refractivity (Wildman–Crippen MR) is 85.1 cm³/mol. The molecule has 0 aromatic heterocycles. The summed E-state index contributed by atoms with van der Waals surface area (Å²) >= 11 is 0. The number of piperidine rings is 1. The highest BCUT2D eigenvalue weighted by atomic mass is 32.2. The number of nitrogens with zero attached hydrogens (tertiary/aromatic N) is 2. The van der Waals surface area contributed by atoms with Gasteiger partial charge < -0.3 is 9.80 Å². The molecule has 1 aromatic rings. The van der Waals surface area contributed by atoms with E-state index in [2.05, 4.69) is 11.0 Å². The first-order valence-electron chi connectivity index (χ1n) is 7.57. The van der Waals surface area contributed by atoms with Gasteiger partial charge in [0.15, 0.2) is 0 Å². The molecule has 1 fully saturated rings. The average Bonchev–Trinajstić information content (AvgIpc) is 2.90. The Morgan fingerprint density at radius 1 is 1.27 bits per heavy atom. The number of hydrogen-bond acceptors (Lipinski definition) is 4. The fourth-order valence-corrected chi connectivity index (χ4v) is 4.15. The molecule has 0 bridgehead atoms. The fraction of sp³-hybridized carbons (Fsp3) is 0.533. The minimum atomic E-state index is -3.58. The first-order chi connectivity index (χ1) is 10.4. The quantitative estimate of drug-likeness (QED) is 0.869. The van der Waals surface area contributed by atoms with Crippen LogP contribution in [0, 0.1) is 0 Å². The maximum atomic E-state index is 12.5. The summed E-state index contributed by atoms with van der Waals surface area (Å²) in [6, 6.07) is 8.09. The SMILES string of the molecule is NS(=O)(=O)[C@@H]1CCCN(C(=O)CN2CCc3ccccc32)C1. The summed E-state index contributed by atoms with van der Waals surface area (Å²) < 4.78 is 23.0. The number of anilines is 1. The summed E-state index contributed by atoms with van der Waals surface area (Å²) in [7, 11) is -3.58. The average molecular weight is 323 g/mol. The molecule has 3 rings (SSSR count). The zero-order chi connectivity index (χ0) is 15.7. The van der Waals surface area contributed by atoms with Gasteiger partial charge in [-0.05, 0) is 30.9 Å². The van der Waals surface area contributed by atoms with Crippen molar-refractivity contribution >= 4 is 21.6 Å². The Morgan fingerprint density at radius 2 is 2.05 bits per heavy atom. The summed E-state index contributed by atoms with van der Waals surface area (Å²) in [5.74, 6) is -0.0231. The molecule has 120 valence electrons. The molecule has 1 saturated heterocycles. The molecular formula is C15H21N3O3S. The molecule has 0 radical (unpaired) electrons. The molecule has 0 saturated carbocycles. The normalized spacial score (nSPS) is 21.8. The lowest BCUT2D eigenvalue weighted by molar-refractivity contribution is -0.130. The second-order valence-corrected chi connectivity index (χ2v) is 7.84. The van der Waals surface area contributed by atoms with Gasteiger partial charge in [-0.25, -0.2) is 13.6 Å². The van der Waals surface area contributed by atoms with Crippen LogP contribution in [0.25, 0.3) is 0 Å². The van der Waals surface area contributed by atoms with Crippen molar-refractivity contribution in [1.82, 2.24) is 4.90 Å². The molecule has 6 nitrogen and oxygen atoms in total. The van der Waals surface area contributed by atoms with E-state index >= 15 is 0 Å². The summed E-state index contributed by atoms with van der Waals surface area (Å²) in [5, 5.41) is 4.59. The molecule has 1 amide bonds. The van der Waals surface area contributed by atoms with Gasteiger partial charge in [-0.2, -0.15) is 0 Å². The Labute approximate surface area is 130 Å². The van der Waals surface area contributed by atoms with Gasteiger partial charge in [-0.1, -0.05) is 18.2 Å². The highest BCUT2D eigenvalue weighted by Crippen LogP contribution is 2.27. The molecule has 2 aliphatic heterocycles. The number of carbonyl (C=O) groups is 1. The molecule has 1 atom stereocenters. The lowest BCUT2D eigenvalue weighted by atomic mass is 10.1. The van der Waals surface area contributed by atoms with Crippen LogP contribution in [0.5, 0.6) is 0 Å². The highest BCUT2D eigenvalue weighted by molar-refractivity contribution is 7.89. The number of para-hydroxylation sites is 1. The van der Waals surface area contributed by atoms with Crippen molar-refractivity contribution in [3.05, 3.63) is 29.8 Å². The first kappa shape index (κ1) is 15.3. The van der Waals surface area contributed by atoms with Gasteiger partial charge >= 0.3 is 0 Å². The monoisotopic (exact) mass is 323 g/mol. The number of carbonyl (C=O) groups excluding carboxylic acids is 1. The van der Waals surface area contributed by atoms with E-state index in [9.17, 15) is 13.2 Å². The number of likely N-dealkylation sites (tertiary alicyclic amines) is 1. The number of amides is 1. The van der Waals surface area contributed by atoms with E-state index < -0.39 is 15.3 Å². The van der Waals surface area contributed by atoms with Gasteiger partial charge in [-0.15, -0.1) is 0 Å². The van der Waals surface area contributed by atoms with Crippen LogP contribution < -0.4 is 10.0 Å². The van der Waals surface area contributed by atoms with E-state index in [0.717, 1.165) is 18.7 Å². The van der Waals surface area contributed by atoms with E-state index in [-0.39, 0.29) is 12.5 Å². The summed E-state index contributed by atoms with van der Waals surface area (Å²) in [6.07, 6.45) is 2.17. The van der Waals surface area contributed by atoms with Crippen LogP contribution in [-0.4, -0.2) is 50.7 Å². The fourth-order valence-electron chi connectivity index (χ4n) is 3.27. The molecule has 2 heterocycles. The molecule has 2 aliphatic rings. The number of nitrogens with two attached hydrogens (primary N) is 1. The van der Waals surface area contributed by atoms with Crippen molar-refractivity contribution < 1.29 is 13.2 Å². The number of primary sulfonamides is 1. The van der Waals surface area contributed by atoms with E-state index in [1.165, 1.54) is 5.56 Å². The van der Waals surface area contributed by atoms with Crippen LogP contribution >= 0.6 is 0 Å². The number of rotatable bonds is 3. The van der Waals surface area contributed by atoms with E-state index in [1.807, 2.05) is 18.2 Å². The van der Waals surface area contributed by atoms with Gasteiger partial charge in [0.05, 0.1) is 11.8 Å². The van der Waals surface area contributed by atoms with Crippen LogP contribution in [0.3, 0.4) is 0 Å². The van der Waals surface area contributed by atoms with E-state index in [4.69, 9.17) is 5.14 Å². The lowest BCUT2D eigenvalue weighted by Gasteiger charge is -2.33. The Morgan fingerprint density at radius 3 is 2.82 bits per heavy atom. The van der Waals surface area contributed by atoms with Crippen molar-refractivity contribution in [2.45, 2.75) is 24.5 Å².